The van der Waals surface area contributed by atoms with Crippen molar-refractivity contribution in [2.45, 2.75) is 19.8 Å². The van der Waals surface area contributed by atoms with Crippen molar-refractivity contribution in [2.24, 2.45) is 0 Å². The Hall–Kier alpha value is -1.74. The molecule has 0 radical (unpaired) electrons. The average Bonchev–Trinajstić information content (AvgIpc) is 3.05. The monoisotopic (exact) mass is 313 g/mol. The lowest BCUT2D eigenvalue weighted by atomic mass is 10.3. The van der Waals surface area contributed by atoms with E-state index in [1.165, 1.54) is 35.2 Å². The molecule has 0 aliphatic heterocycles. The minimum Gasteiger partial charge on any atom is -0.398 e. The zero-order valence-electron chi connectivity index (χ0n) is 10.6. The Morgan fingerprint density at radius 1 is 1.50 bits per heavy atom. The molecular formula is C11H11N3O4S2. The van der Waals surface area contributed by atoms with Gasteiger partial charge in [0.15, 0.2) is 15.9 Å². The summed E-state index contributed by atoms with van der Waals surface area (Å²) in [5.41, 5.74) is 0. The largest absolute Gasteiger partial charge is 0.433 e. The maximum atomic E-state index is 11.4. The predicted molar refractivity (Wildman–Crippen MR) is 75.7 cm³/mol. The first kappa shape index (κ1) is 14.7. The first-order chi connectivity index (χ1) is 9.60. The molecule has 0 amide bonds. The maximum absolute atomic E-state index is 11.4. The van der Waals surface area contributed by atoms with E-state index in [4.69, 9.17) is 4.42 Å². The summed E-state index contributed by atoms with van der Waals surface area (Å²) in [4.78, 5) is 21.3. The van der Waals surface area contributed by atoms with Gasteiger partial charge in [-0.3, -0.25) is 14.9 Å². The molecule has 2 rings (SSSR count). The highest BCUT2D eigenvalue weighted by Gasteiger charge is 2.16. The van der Waals surface area contributed by atoms with Crippen molar-refractivity contribution < 1.29 is 14.1 Å². The van der Waals surface area contributed by atoms with Crippen molar-refractivity contribution in [2.75, 3.05) is 5.75 Å². The van der Waals surface area contributed by atoms with Crippen molar-refractivity contribution in [3.05, 3.63) is 27.3 Å². The van der Waals surface area contributed by atoms with Gasteiger partial charge < -0.3 is 4.42 Å². The quantitative estimate of drug-likeness (QED) is 0.597. The van der Waals surface area contributed by atoms with Crippen molar-refractivity contribution in [1.82, 2.24) is 10.2 Å². The highest BCUT2D eigenvalue weighted by Crippen LogP contribution is 2.28. The zero-order valence-corrected chi connectivity index (χ0v) is 12.2. The molecule has 0 bridgehead atoms. The Kier molecular flexibility index (Phi) is 4.85. The first-order valence-corrected chi connectivity index (χ1v) is 7.63. The molecule has 20 heavy (non-hydrogen) atoms. The molecule has 0 aromatic carbocycles. The number of aromatic nitrogens is 2. The normalized spacial score (nSPS) is 10.7. The average molecular weight is 313 g/mol. The van der Waals surface area contributed by atoms with Gasteiger partial charge in [-0.25, -0.2) is 0 Å². The molecule has 0 saturated carbocycles. The molecule has 7 nitrogen and oxygen atoms in total. The third-order valence-corrected chi connectivity index (χ3v) is 4.11. The van der Waals surface area contributed by atoms with Crippen LogP contribution in [-0.4, -0.2) is 26.0 Å². The van der Waals surface area contributed by atoms with E-state index in [0.717, 1.165) is 5.75 Å². The minimum absolute atomic E-state index is 0.123. The highest BCUT2D eigenvalue weighted by atomic mass is 32.2. The van der Waals surface area contributed by atoms with Gasteiger partial charge in [0.1, 0.15) is 9.93 Å². The van der Waals surface area contributed by atoms with Crippen molar-refractivity contribution in [3.63, 3.8) is 0 Å². The van der Waals surface area contributed by atoms with Crippen molar-refractivity contribution in [1.29, 1.82) is 0 Å². The second kappa shape index (κ2) is 6.62. The Morgan fingerprint density at radius 2 is 2.30 bits per heavy atom. The lowest BCUT2D eigenvalue weighted by molar-refractivity contribution is -0.401. The number of nitrogens with zero attached hydrogens (tertiary/aromatic N) is 3. The van der Waals surface area contributed by atoms with E-state index in [1.54, 1.807) is 0 Å². The molecule has 0 spiro atoms. The van der Waals surface area contributed by atoms with Crippen molar-refractivity contribution in [3.8, 4) is 10.8 Å². The van der Waals surface area contributed by atoms with Crippen LogP contribution in [-0.2, 0) is 11.2 Å². The second-order valence-corrected chi connectivity index (χ2v) is 6.08. The van der Waals surface area contributed by atoms with E-state index >= 15 is 0 Å². The highest BCUT2D eigenvalue weighted by molar-refractivity contribution is 8.13. The van der Waals surface area contributed by atoms with E-state index < -0.39 is 4.92 Å². The van der Waals surface area contributed by atoms with Crippen LogP contribution in [0.15, 0.2) is 16.5 Å². The van der Waals surface area contributed by atoms with E-state index in [1.807, 2.05) is 6.92 Å². The fourth-order valence-corrected chi connectivity index (χ4v) is 2.81. The lowest BCUT2D eigenvalue weighted by Crippen LogP contribution is -1.95. The fraction of sp³-hybridized carbons (Fsp3) is 0.364. The Labute approximate surface area is 122 Å². The molecule has 0 atom stereocenters. The van der Waals surface area contributed by atoms with Gasteiger partial charge in [0, 0.05) is 12.8 Å². The van der Waals surface area contributed by atoms with Crippen LogP contribution in [0.25, 0.3) is 10.8 Å². The lowest BCUT2D eigenvalue weighted by Gasteiger charge is -1.94. The Morgan fingerprint density at radius 3 is 2.95 bits per heavy atom. The summed E-state index contributed by atoms with van der Waals surface area (Å²) in [5, 5.41) is 19.7. The van der Waals surface area contributed by atoms with Crippen LogP contribution < -0.4 is 0 Å². The van der Waals surface area contributed by atoms with Crippen LogP contribution in [0.4, 0.5) is 5.88 Å². The van der Waals surface area contributed by atoms with E-state index in [9.17, 15) is 14.9 Å². The molecule has 0 fully saturated rings. The molecule has 2 heterocycles. The van der Waals surface area contributed by atoms with Crippen LogP contribution in [0, 0.1) is 10.1 Å². The van der Waals surface area contributed by atoms with Gasteiger partial charge in [0.25, 0.3) is 0 Å². The number of nitro groups is 1. The summed E-state index contributed by atoms with van der Waals surface area (Å²) in [6.45, 7) is 1.93. The summed E-state index contributed by atoms with van der Waals surface area (Å²) in [7, 11) is 0. The number of rotatable bonds is 6. The molecule has 2 aromatic rings. The van der Waals surface area contributed by atoms with Gasteiger partial charge in [-0.05, 0) is 11.8 Å². The third-order valence-electron chi connectivity index (χ3n) is 2.30. The third kappa shape index (κ3) is 3.64. The van der Waals surface area contributed by atoms with Gasteiger partial charge in [0.2, 0.25) is 0 Å². The van der Waals surface area contributed by atoms with Crippen LogP contribution in [0.2, 0.25) is 0 Å². The van der Waals surface area contributed by atoms with E-state index in [2.05, 4.69) is 10.2 Å². The zero-order chi connectivity index (χ0) is 14.5. The Balaban J connectivity index is 2.01. The van der Waals surface area contributed by atoms with Gasteiger partial charge in [0.05, 0.1) is 6.07 Å². The number of furan rings is 1. The molecule has 2 aromatic heterocycles. The number of thioether (sulfide) groups is 1. The molecular weight excluding hydrogens is 302 g/mol. The van der Waals surface area contributed by atoms with E-state index in [-0.39, 0.29) is 11.0 Å². The summed E-state index contributed by atoms with van der Waals surface area (Å²) in [5.74, 6) is 0.747. The number of carbonyl (C=O) groups excluding carboxylic acids is 1. The maximum Gasteiger partial charge on any atom is 0.433 e. The summed E-state index contributed by atoms with van der Waals surface area (Å²) >= 11 is 2.56. The SMILES string of the molecule is CCSC(=O)CCc1nnc(-c2ccc([N+](=O)[O-])o2)s1. The number of hydrogen-bond donors (Lipinski definition) is 0. The second-order valence-electron chi connectivity index (χ2n) is 3.70. The van der Waals surface area contributed by atoms with Gasteiger partial charge >= 0.3 is 5.88 Å². The van der Waals surface area contributed by atoms with Crippen LogP contribution >= 0.6 is 23.1 Å². The standard InChI is InChI=1S/C11H11N3O4S2/c1-2-19-10(15)6-4-8-12-13-11(20-8)7-3-5-9(18-7)14(16)17/h3,5H,2,4,6H2,1H3. The molecule has 106 valence electrons. The molecule has 0 aliphatic rings. The van der Waals surface area contributed by atoms with Gasteiger partial charge in [-0.1, -0.05) is 30.0 Å². The van der Waals surface area contributed by atoms with Crippen LogP contribution in [0.1, 0.15) is 18.4 Å². The fourth-order valence-electron chi connectivity index (χ4n) is 1.44. The molecule has 0 aliphatic carbocycles. The minimum atomic E-state index is -0.605. The van der Waals surface area contributed by atoms with Crippen LogP contribution in [0.5, 0.6) is 0 Å². The number of hydrogen-bond acceptors (Lipinski definition) is 8. The summed E-state index contributed by atoms with van der Waals surface area (Å²) < 4.78 is 5.05. The van der Waals surface area contributed by atoms with Crippen LogP contribution in [0.3, 0.4) is 0 Å². The van der Waals surface area contributed by atoms with E-state index in [0.29, 0.717) is 28.6 Å². The smallest absolute Gasteiger partial charge is 0.398 e. The number of carbonyl (C=O) groups is 1. The summed E-state index contributed by atoms with van der Waals surface area (Å²) in [6, 6.07) is 2.76. The van der Waals surface area contributed by atoms with Crippen molar-refractivity contribution >= 4 is 34.1 Å². The van der Waals surface area contributed by atoms with Gasteiger partial charge in [-0.15, -0.1) is 10.2 Å². The molecule has 0 N–H and O–H groups in total. The molecule has 9 heteroatoms. The topological polar surface area (TPSA) is 99.1 Å². The first-order valence-electron chi connectivity index (χ1n) is 5.82. The summed E-state index contributed by atoms with van der Waals surface area (Å²) in [6.07, 6.45) is 0.928. The van der Waals surface area contributed by atoms with Gasteiger partial charge in [-0.2, -0.15) is 0 Å². The predicted octanol–water partition coefficient (Wildman–Crippen LogP) is 2.92. The molecule has 0 unspecified atom stereocenters. The molecule has 0 saturated heterocycles. The number of aryl methyl sites for hydroxylation is 1. The Bertz CT molecular complexity index is 623.